The van der Waals surface area contributed by atoms with E-state index in [1.165, 1.54) is 29.7 Å². The van der Waals surface area contributed by atoms with Crippen LogP contribution in [0.3, 0.4) is 0 Å². The third kappa shape index (κ3) is 3.45. The fourth-order valence-electron chi connectivity index (χ4n) is 4.06. The van der Waals surface area contributed by atoms with E-state index in [0.717, 1.165) is 19.4 Å². The smallest absolute Gasteiger partial charge is 0.328 e. The van der Waals surface area contributed by atoms with Crippen molar-refractivity contribution in [1.29, 1.82) is 0 Å². The van der Waals surface area contributed by atoms with Gasteiger partial charge in [0.25, 0.3) is 5.56 Å². The quantitative estimate of drug-likeness (QED) is 0.786. The van der Waals surface area contributed by atoms with E-state index in [-0.39, 0.29) is 36.7 Å². The molecule has 8 heteroatoms. The van der Waals surface area contributed by atoms with Gasteiger partial charge in [-0.3, -0.25) is 19.4 Å². The van der Waals surface area contributed by atoms with Crippen LogP contribution in [0.4, 0.5) is 0 Å². The molecular weight excluding hydrogens is 336 g/mol. The van der Waals surface area contributed by atoms with E-state index in [0.29, 0.717) is 19.0 Å². The summed E-state index contributed by atoms with van der Waals surface area (Å²) in [6.07, 6.45) is 5.82. The summed E-state index contributed by atoms with van der Waals surface area (Å²) in [5.74, 6) is 0.725. The maximum atomic E-state index is 12.7. The molecule has 4 heterocycles. The Bertz CT molecular complexity index is 825. The third-order valence-corrected chi connectivity index (χ3v) is 5.76. The standard InChI is InChI=1S/C18H24N4O4/c23-15-5-7-20(18(26)19-15)8-6-16(24)21-10-13-3-4-14(11-21)22(17(13)25)9-12-1-2-12/h5,7,12-14H,1-4,6,8-11H2,(H,19,23,26)/t13-,14+/m0/s1. The van der Waals surface area contributed by atoms with E-state index in [2.05, 4.69) is 4.98 Å². The lowest BCUT2D eigenvalue weighted by molar-refractivity contribution is -0.140. The van der Waals surface area contributed by atoms with Gasteiger partial charge in [-0.1, -0.05) is 0 Å². The molecule has 0 aromatic carbocycles. The Morgan fingerprint density at radius 1 is 1.12 bits per heavy atom. The van der Waals surface area contributed by atoms with Gasteiger partial charge in [0.15, 0.2) is 0 Å². The minimum Gasteiger partial charge on any atom is -0.340 e. The number of hydrogen-bond acceptors (Lipinski definition) is 4. The first-order valence-electron chi connectivity index (χ1n) is 9.39. The van der Waals surface area contributed by atoms with Crippen LogP contribution in [0, 0.1) is 11.8 Å². The fourth-order valence-corrected chi connectivity index (χ4v) is 4.06. The largest absolute Gasteiger partial charge is 0.340 e. The molecule has 3 saturated heterocycles. The first kappa shape index (κ1) is 17.1. The Kier molecular flexibility index (Phi) is 4.42. The Hall–Kier alpha value is -2.38. The van der Waals surface area contributed by atoms with E-state index in [4.69, 9.17) is 0 Å². The molecule has 140 valence electrons. The molecule has 4 aliphatic rings. The van der Waals surface area contributed by atoms with Gasteiger partial charge in [-0.15, -0.1) is 0 Å². The van der Waals surface area contributed by atoms with Crippen molar-refractivity contribution < 1.29 is 9.59 Å². The number of H-pyrrole nitrogens is 1. The van der Waals surface area contributed by atoms with E-state index in [9.17, 15) is 19.2 Å². The average molecular weight is 360 g/mol. The topological polar surface area (TPSA) is 95.5 Å². The lowest BCUT2D eigenvalue weighted by Crippen LogP contribution is -2.48. The number of carbonyl (C=O) groups is 2. The number of piperidine rings is 1. The minimum atomic E-state index is -0.507. The van der Waals surface area contributed by atoms with Crippen LogP contribution in [0.2, 0.25) is 0 Å². The van der Waals surface area contributed by atoms with Crippen LogP contribution in [0.5, 0.6) is 0 Å². The normalized spacial score (nSPS) is 25.5. The zero-order valence-electron chi connectivity index (χ0n) is 14.7. The van der Waals surface area contributed by atoms with Gasteiger partial charge in [0.2, 0.25) is 11.8 Å². The highest BCUT2D eigenvalue weighted by atomic mass is 16.2. The highest BCUT2D eigenvalue weighted by Gasteiger charge is 2.43. The molecular formula is C18H24N4O4. The van der Waals surface area contributed by atoms with Crippen LogP contribution in [-0.4, -0.2) is 56.8 Å². The maximum absolute atomic E-state index is 12.7. The van der Waals surface area contributed by atoms with Crippen molar-refractivity contribution >= 4 is 11.8 Å². The number of hydrogen-bond donors (Lipinski definition) is 1. The number of nitrogens with zero attached hydrogens (tertiary/aromatic N) is 3. The van der Waals surface area contributed by atoms with E-state index >= 15 is 0 Å². The van der Waals surface area contributed by atoms with Crippen molar-refractivity contribution in [3.05, 3.63) is 33.1 Å². The summed E-state index contributed by atoms with van der Waals surface area (Å²) in [5, 5.41) is 0. The molecule has 3 aliphatic heterocycles. The molecule has 2 atom stereocenters. The second-order valence-corrected chi connectivity index (χ2v) is 7.71. The Morgan fingerprint density at radius 3 is 2.65 bits per heavy atom. The van der Waals surface area contributed by atoms with Crippen LogP contribution >= 0.6 is 0 Å². The lowest BCUT2D eigenvalue weighted by Gasteiger charge is -2.36. The molecule has 26 heavy (non-hydrogen) atoms. The van der Waals surface area contributed by atoms with Crippen LogP contribution in [-0.2, 0) is 16.1 Å². The monoisotopic (exact) mass is 360 g/mol. The molecule has 1 saturated carbocycles. The van der Waals surface area contributed by atoms with Gasteiger partial charge in [0, 0.05) is 50.9 Å². The van der Waals surface area contributed by atoms with Gasteiger partial charge in [-0.25, -0.2) is 4.79 Å². The van der Waals surface area contributed by atoms with Gasteiger partial charge < -0.3 is 14.4 Å². The molecule has 4 fully saturated rings. The number of nitrogens with one attached hydrogen (secondary N) is 1. The first-order chi connectivity index (χ1) is 12.5. The van der Waals surface area contributed by atoms with Gasteiger partial charge in [-0.2, -0.15) is 0 Å². The molecule has 0 radical (unpaired) electrons. The van der Waals surface area contributed by atoms with Crippen molar-refractivity contribution in [2.75, 3.05) is 19.6 Å². The van der Waals surface area contributed by atoms with Gasteiger partial charge in [-0.05, 0) is 31.6 Å². The zero-order valence-corrected chi connectivity index (χ0v) is 14.7. The third-order valence-electron chi connectivity index (χ3n) is 5.76. The number of carbonyl (C=O) groups excluding carboxylic acids is 2. The summed E-state index contributed by atoms with van der Waals surface area (Å²) in [6, 6.07) is 1.40. The summed E-state index contributed by atoms with van der Waals surface area (Å²) in [6.45, 7) is 2.14. The van der Waals surface area contributed by atoms with Crippen molar-refractivity contribution in [3.8, 4) is 0 Å². The van der Waals surface area contributed by atoms with Gasteiger partial charge >= 0.3 is 5.69 Å². The van der Waals surface area contributed by atoms with Gasteiger partial charge in [0.1, 0.15) is 0 Å². The van der Waals surface area contributed by atoms with Gasteiger partial charge in [0.05, 0.1) is 5.92 Å². The molecule has 5 rings (SSSR count). The van der Waals surface area contributed by atoms with Crippen LogP contribution in [0.1, 0.15) is 32.1 Å². The number of amides is 2. The zero-order chi connectivity index (χ0) is 18.3. The Labute approximate surface area is 150 Å². The highest BCUT2D eigenvalue weighted by Crippen LogP contribution is 2.35. The highest BCUT2D eigenvalue weighted by molar-refractivity contribution is 5.83. The number of aromatic nitrogens is 2. The second-order valence-electron chi connectivity index (χ2n) is 7.71. The molecule has 1 N–H and O–H groups in total. The van der Waals surface area contributed by atoms with E-state index < -0.39 is 11.2 Å². The summed E-state index contributed by atoms with van der Waals surface area (Å²) in [7, 11) is 0. The van der Waals surface area contributed by atoms with Crippen LogP contribution in [0.25, 0.3) is 0 Å². The molecule has 2 amide bonds. The summed E-state index contributed by atoms with van der Waals surface area (Å²) < 4.78 is 1.33. The molecule has 0 spiro atoms. The number of aromatic amines is 1. The molecule has 8 nitrogen and oxygen atoms in total. The molecule has 0 unspecified atom stereocenters. The van der Waals surface area contributed by atoms with E-state index in [1.807, 2.05) is 4.90 Å². The van der Waals surface area contributed by atoms with Crippen LogP contribution < -0.4 is 11.2 Å². The Morgan fingerprint density at radius 2 is 1.92 bits per heavy atom. The first-order valence-corrected chi connectivity index (χ1v) is 9.39. The van der Waals surface area contributed by atoms with Crippen molar-refractivity contribution in [2.45, 2.75) is 44.7 Å². The fraction of sp³-hybridized carbons (Fsp3) is 0.667. The molecule has 2 bridgehead atoms. The SMILES string of the molecule is O=C(CCn1ccc(=O)[nH]c1=O)N1C[C@@H]2CC[C@H](C1)N(CC1CC1)C2=O. The van der Waals surface area contributed by atoms with Crippen LogP contribution in [0.15, 0.2) is 21.9 Å². The van der Waals surface area contributed by atoms with E-state index in [1.54, 1.807) is 4.90 Å². The summed E-state index contributed by atoms with van der Waals surface area (Å²) in [5.41, 5.74) is -0.956. The second kappa shape index (κ2) is 6.74. The maximum Gasteiger partial charge on any atom is 0.328 e. The lowest BCUT2D eigenvalue weighted by atomic mass is 9.94. The van der Waals surface area contributed by atoms with Crippen molar-refractivity contribution in [2.24, 2.45) is 11.8 Å². The minimum absolute atomic E-state index is 0.0407. The number of rotatable bonds is 5. The number of fused-ring (bicyclic) bond motifs is 4. The molecule has 1 aliphatic carbocycles. The predicted molar refractivity (Wildman–Crippen MR) is 93.5 cm³/mol. The predicted octanol–water partition coefficient (Wildman–Crippen LogP) is -0.214. The molecule has 1 aromatic rings. The average Bonchev–Trinajstić information content (AvgIpc) is 3.44. The molecule has 1 aromatic heterocycles. The summed E-state index contributed by atoms with van der Waals surface area (Å²) in [4.78, 5) is 54.2. The van der Waals surface area contributed by atoms with Crippen molar-refractivity contribution in [1.82, 2.24) is 19.4 Å². The Balaban J connectivity index is 1.41. The summed E-state index contributed by atoms with van der Waals surface area (Å²) >= 11 is 0. The van der Waals surface area contributed by atoms with Crippen molar-refractivity contribution in [3.63, 3.8) is 0 Å². The number of aryl methyl sites for hydroxylation is 1.